The Morgan fingerprint density at radius 2 is 1.37 bits per heavy atom. The topological polar surface area (TPSA) is 274 Å². The number of ether oxygens (including phenoxy) is 9. The van der Waals surface area contributed by atoms with Crippen LogP contribution in [-0.2, 0) is 78.7 Å². The van der Waals surface area contributed by atoms with Gasteiger partial charge in [-0.05, 0) is 54.3 Å². The molecule has 3 rings (SSSR count). The van der Waals surface area contributed by atoms with Crippen LogP contribution in [0.2, 0.25) is 0 Å². The van der Waals surface area contributed by atoms with E-state index in [1.165, 1.54) is 56.3 Å². The fourth-order valence-corrected chi connectivity index (χ4v) is 7.65. The van der Waals surface area contributed by atoms with Crippen molar-refractivity contribution in [1.82, 2.24) is 0 Å². The average Bonchev–Trinajstić information content (AvgIpc) is 3.29. The maximum atomic E-state index is 14.8. The van der Waals surface area contributed by atoms with Crippen molar-refractivity contribution in [2.45, 2.75) is 85.4 Å². The van der Waals surface area contributed by atoms with Gasteiger partial charge in [0.25, 0.3) is 10.1 Å². The molecule has 0 spiro atoms. The van der Waals surface area contributed by atoms with Crippen molar-refractivity contribution in [2.75, 3.05) is 92.0 Å². The Labute approximate surface area is 399 Å². The molecule has 0 aliphatic carbocycles. The lowest BCUT2D eigenvalue weighted by molar-refractivity contribution is -0.248. The standard InChI is InChI=1S/C44H66N4O18S2/c1-7-8-19-55-23-25-58-22-18-47-68(54,65-38-14-11-36(12-15-38)30-61-67(6,52)53)66-41-29-37(39(51)10-9-20-56-24-27-59-28-26-57-21-17-46-48-45)13-16-40(41)63-44-33(3)32(2)43(62-35(5)50)42(64-44)31-60-34(4)49/h11-16,29,32-33,42-44H,7-10,17-28,30-31H2,1-6H3/t32-,33-,42-,43-,44+,68?/m1/s1. The molecule has 22 nitrogen and oxygen atoms in total. The lowest BCUT2D eigenvalue weighted by Crippen LogP contribution is -2.54. The normalized spacial score (nSPS) is 18.9. The van der Waals surface area contributed by atoms with Gasteiger partial charge in [-0.3, -0.25) is 18.6 Å². The molecule has 382 valence electrons. The monoisotopic (exact) mass is 1000 g/mol. The Kier molecular flexibility index (Phi) is 26.7. The van der Waals surface area contributed by atoms with Crippen LogP contribution in [-0.4, -0.2) is 141 Å². The Morgan fingerprint density at radius 3 is 1.97 bits per heavy atom. The van der Waals surface area contributed by atoms with Gasteiger partial charge in [0.1, 0.15) is 24.6 Å². The second-order valence-corrected chi connectivity index (χ2v) is 18.5. The Morgan fingerprint density at radius 1 is 0.750 bits per heavy atom. The van der Waals surface area contributed by atoms with Gasteiger partial charge < -0.3 is 51.0 Å². The molecule has 0 aromatic heterocycles. The number of hydrogen-bond donors (Lipinski definition) is 0. The first-order valence-electron chi connectivity index (χ1n) is 22.3. The predicted octanol–water partition coefficient (Wildman–Crippen LogP) is 5.95. The molecule has 1 heterocycles. The van der Waals surface area contributed by atoms with E-state index >= 15 is 0 Å². The number of ketones is 1. The van der Waals surface area contributed by atoms with Crippen LogP contribution in [0.4, 0.5) is 0 Å². The van der Waals surface area contributed by atoms with Crippen molar-refractivity contribution >= 4 is 38.1 Å². The fourth-order valence-electron chi connectivity index (χ4n) is 6.15. The maximum Gasteiger partial charge on any atom is 0.388 e. The average molecular weight is 1000 g/mol. The molecule has 2 aromatic carbocycles. The molecular weight excluding hydrogens is 937 g/mol. The van der Waals surface area contributed by atoms with Crippen molar-refractivity contribution in [3.05, 3.63) is 64.0 Å². The Hall–Kier alpha value is -4.62. The van der Waals surface area contributed by atoms with E-state index in [0.29, 0.717) is 51.6 Å². The fraction of sp³-hybridized carbons (Fsp3) is 0.659. The minimum absolute atomic E-state index is 0.0196. The summed E-state index contributed by atoms with van der Waals surface area (Å²) >= 11 is 0. The van der Waals surface area contributed by atoms with E-state index in [2.05, 4.69) is 21.3 Å². The van der Waals surface area contributed by atoms with E-state index in [0.717, 1.165) is 19.1 Å². The van der Waals surface area contributed by atoms with Crippen molar-refractivity contribution < 1.29 is 82.2 Å². The lowest BCUT2D eigenvalue weighted by Gasteiger charge is -2.43. The number of rotatable bonds is 35. The van der Waals surface area contributed by atoms with Crippen molar-refractivity contribution in [3.8, 4) is 17.2 Å². The molecule has 24 heteroatoms. The number of hydrogen-bond acceptors (Lipinski definition) is 20. The molecule has 1 fully saturated rings. The zero-order valence-corrected chi connectivity index (χ0v) is 41.2. The maximum absolute atomic E-state index is 14.8. The molecule has 1 aliphatic heterocycles. The molecule has 1 aliphatic rings. The second kappa shape index (κ2) is 31.5. The zero-order valence-electron chi connectivity index (χ0n) is 39.6. The summed E-state index contributed by atoms with van der Waals surface area (Å²) in [7, 11) is -7.91. The van der Waals surface area contributed by atoms with E-state index in [-0.39, 0.29) is 93.7 Å². The minimum Gasteiger partial charge on any atom is -0.463 e. The van der Waals surface area contributed by atoms with Gasteiger partial charge in [0.15, 0.2) is 17.3 Å². The molecule has 0 amide bonds. The Bertz CT molecular complexity index is 2130. The molecular formula is C44H66N4O18S2. The van der Waals surface area contributed by atoms with E-state index in [1.54, 1.807) is 0 Å². The van der Waals surface area contributed by atoms with E-state index < -0.39 is 56.8 Å². The van der Waals surface area contributed by atoms with Gasteiger partial charge >= 0.3 is 22.2 Å². The minimum atomic E-state index is -4.19. The highest BCUT2D eigenvalue weighted by molar-refractivity contribution is 7.86. The summed E-state index contributed by atoms with van der Waals surface area (Å²) in [6, 6.07) is 10.2. The molecule has 1 unspecified atom stereocenters. The highest BCUT2D eigenvalue weighted by Crippen LogP contribution is 2.38. The quantitative estimate of drug-likeness (QED) is 0.0147. The van der Waals surface area contributed by atoms with Crippen LogP contribution in [0.5, 0.6) is 17.2 Å². The highest BCUT2D eigenvalue weighted by atomic mass is 32.2. The molecule has 0 radical (unpaired) electrons. The molecule has 2 aromatic rings. The highest BCUT2D eigenvalue weighted by Gasteiger charge is 2.45. The third kappa shape index (κ3) is 23.1. The Balaban J connectivity index is 1.89. The first kappa shape index (κ1) is 57.7. The molecule has 0 saturated carbocycles. The van der Waals surface area contributed by atoms with E-state index in [1.807, 2.05) is 13.8 Å². The number of benzene rings is 2. The summed E-state index contributed by atoms with van der Waals surface area (Å²) in [6.45, 7) is 10.8. The number of Topliss-reactive ketones (excluding diaryl/α,β-unsaturated/α-hetero) is 1. The third-order valence-electron chi connectivity index (χ3n) is 9.81. The summed E-state index contributed by atoms with van der Waals surface area (Å²) in [5.74, 6) is -2.45. The summed E-state index contributed by atoms with van der Waals surface area (Å²) < 4.78 is 110. The number of nitrogens with zero attached hydrogens (tertiary/aromatic N) is 4. The summed E-state index contributed by atoms with van der Waals surface area (Å²) in [4.78, 5) is 40.2. The van der Waals surface area contributed by atoms with Crippen LogP contribution in [0, 0.1) is 11.8 Å². The van der Waals surface area contributed by atoms with Gasteiger partial charge in [-0.2, -0.15) is 17.0 Å². The number of esters is 2. The molecule has 0 N–H and O–H groups in total. The van der Waals surface area contributed by atoms with Crippen LogP contribution in [0.1, 0.15) is 76.2 Å². The zero-order chi connectivity index (χ0) is 49.8. The van der Waals surface area contributed by atoms with E-state index in [4.69, 9.17) is 60.7 Å². The SMILES string of the molecule is CCCCOCCOCCN=S(=O)(Oc1ccc(COS(C)(=O)=O)cc1)Oc1cc(C(=O)CCCOCCOCCOCCN=[N+]=[N-])ccc1O[C@H]1O[C@H](COC(C)=O)[C@H](OC(C)=O)[C@H](C)[C@H]1C. The first-order chi connectivity index (χ1) is 32.5. The second-order valence-electron chi connectivity index (χ2n) is 15.4. The smallest absolute Gasteiger partial charge is 0.388 e. The predicted molar refractivity (Wildman–Crippen MR) is 246 cm³/mol. The number of carbonyl (C=O) groups excluding carboxylic acids is 3. The van der Waals surface area contributed by atoms with Gasteiger partial charge in [0.05, 0.1) is 72.3 Å². The van der Waals surface area contributed by atoms with Crippen LogP contribution >= 0.6 is 0 Å². The van der Waals surface area contributed by atoms with Crippen LogP contribution < -0.4 is 13.1 Å². The molecule has 0 bridgehead atoms. The van der Waals surface area contributed by atoms with Crippen molar-refractivity contribution in [2.24, 2.45) is 21.3 Å². The number of carbonyl (C=O) groups is 3. The van der Waals surface area contributed by atoms with Crippen LogP contribution in [0.3, 0.4) is 0 Å². The third-order valence-corrected chi connectivity index (χ3v) is 11.6. The van der Waals surface area contributed by atoms with Gasteiger partial charge in [-0.25, -0.2) is 0 Å². The molecule has 1 saturated heterocycles. The molecule has 6 atom stereocenters. The van der Waals surface area contributed by atoms with E-state index in [9.17, 15) is 27.0 Å². The van der Waals surface area contributed by atoms with Crippen molar-refractivity contribution in [3.63, 3.8) is 0 Å². The largest absolute Gasteiger partial charge is 0.463 e. The summed E-state index contributed by atoms with van der Waals surface area (Å²) in [5, 5.41) is 3.39. The lowest BCUT2D eigenvalue weighted by atomic mass is 9.84. The number of unbranched alkanes of at least 4 members (excludes halogenated alkanes) is 1. The van der Waals surface area contributed by atoms with Crippen LogP contribution in [0.15, 0.2) is 51.9 Å². The summed E-state index contributed by atoms with van der Waals surface area (Å²) in [6.07, 6.45) is 0.466. The first-order valence-corrected chi connectivity index (χ1v) is 25.5. The van der Waals surface area contributed by atoms with Gasteiger partial charge in [0, 0.05) is 62.3 Å². The van der Waals surface area contributed by atoms with Gasteiger partial charge in [-0.15, -0.1) is 0 Å². The van der Waals surface area contributed by atoms with Crippen LogP contribution in [0.25, 0.3) is 10.4 Å². The summed E-state index contributed by atoms with van der Waals surface area (Å²) in [5.41, 5.74) is 8.95. The van der Waals surface area contributed by atoms with Gasteiger partial charge in [-0.1, -0.05) is 44.4 Å². The molecule has 68 heavy (non-hydrogen) atoms. The van der Waals surface area contributed by atoms with Crippen molar-refractivity contribution in [1.29, 1.82) is 0 Å². The number of azide groups is 1. The van der Waals surface area contributed by atoms with Gasteiger partial charge in [0.2, 0.25) is 6.29 Å².